The Hall–Kier alpha value is -1.36. The molecule has 1 N–H and O–H groups in total. The molecule has 4 nitrogen and oxygen atoms in total. The third-order valence-corrected chi connectivity index (χ3v) is 4.57. The van der Waals surface area contributed by atoms with Gasteiger partial charge in [-0.1, -0.05) is 23.2 Å². The number of aliphatic hydroxyl groups excluding tert-OH is 1. The van der Waals surface area contributed by atoms with Gasteiger partial charge in [0.05, 0.1) is 17.3 Å². The summed E-state index contributed by atoms with van der Waals surface area (Å²) in [5.41, 5.74) is 1.92. The highest BCUT2D eigenvalue weighted by Crippen LogP contribution is 2.39. The van der Waals surface area contributed by atoms with Gasteiger partial charge in [-0.15, -0.1) is 0 Å². The molecule has 0 saturated heterocycles. The Morgan fingerprint density at radius 1 is 1.00 bits per heavy atom. The molecule has 1 aromatic carbocycles. The fraction of sp³-hybridized carbons (Fsp3) is 0.333. The molecule has 2 aliphatic rings. The monoisotopic (exact) mass is 325 g/mol. The maximum Gasteiger partial charge on any atom is 0.261 e. The van der Waals surface area contributed by atoms with Crippen LogP contribution in [0.25, 0.3) is 0 Å². The maximum atomic E-state index is 12.5. The van der Waals surface area contributed by atoms with E-state index in [1.165, 1.54) is 12.1 Å². The first-order valence-corrected chi connectivity index (χ1v) is 7.49. The number of amides is 2. The summed E-state index contributed by atoms with van der Waals surface area (Å²) in [4.78, 5) is 26.1. The van der Waals surface area contributed by atoms with Crippen molar-refractivity contribution >= 4 is 40.7 Å². The van der Waals surface area contributed by atoms with E-state index in [0.29, 0.717) is 34.6 Å². The van der Waals surface area contributed by atoms with Gasteiger partial charge in [0, 0.05) is 16.2 Å². The molecular weight excluding hydrogens is 313 g/mol. The van der Waals surface area contributed by atoms with Crippen LogP contribution in [-0.4, -0.2) is 16.9 Å². The van der Waals surface area contributed by atoms with Crippen molar-refractivity contribution < 1.29 is 14.7 Å². The number of carbonyl (C=O) groups excluding carboxylic acids is 2. The number of benzene rings is 1. The largest absolute Gasteiger partial charge is 0.392 e. The Morgan fingerprint density at radius 2 is 1.57 bits per heavy atom. The molecule has 0 aromatic heterocycles. The number of carbonyl (C=O) groups is 2. The molecule has 1 aromatic rings. The molecule has 0 fully saturated rings. The average molecular weight is 326 g/mol. The van der Waals surface area contributed by atoms with Crippen LogP contribution < -0.4 is 4.90 Å². The highest BCUT2D eigenvalue weighted by atomic mass is 35.5. The van der Waals surface area contributed by atoms with E-state index in [1.54, 1.807) is 0 Å². The van der Waals surface area contributed by atoms with Gasteiger partial charge in [0.1, 0.15) is 0 Å². The van der Waals surface area contributed by atoms with Gasteiger partial charge in [-0.05, 0) is 43.4 Å². The molecule has 0 spiro atoms. The van der Waals surface area contributed by atoms with E-state index in [9.17, 15) is 14.7 Å². The van der Waals surface area contributed by atoms with Crippen LogP contribution in [0.15, 0.2) is 23.3 Å². The Kier molecular flexibility index (Phi) is 3.78. The zero-order valence-electron chi connectivity index (χ0n) is 11.2. The molecule has 0 unspecified atom stereocenters. The minimum atomic E-state index is -0.303. The standard InChI is InChI=1S/C15H13Cl2NO3/c16-11-6-12(17)13(5-8(11)7-19)18-14(20)9-3-1-2-4-10(9)15(18)21/h5-6,19H,1-4,7H2. The molecule has 6 heteroatoms. The summed E-state index contributed by atoms with van der Waals surface area (Å²) >= 11 is 12.1. The van der Waals surface area contributed by atoms with Gasteiger partial charge in [-0.2, -0.15) is 0 Å². The first kappa shape index (κ1) is 14.6. The number of hydrogen-bond acceptors (Lipinski definition) is 3. The van der Waals surface area contributed by atoms with Crippen LogP contribution in [-0.2, 0) is 16.2 Å². The number of nitrogens with zero attached hydrogens (tertiary/aromatic N) is 1. The molecule has 1 aliphatic carbocycles. The van der Waals surface area contributed by atoms with E-state index >= 15 is 0 Å². The Labute approximate surface area is 131 Å². The fourth-order valence-electron chi connectivity index (χ4n) is 2.83. The van der Waals surface area contributed by atoms with Crippen molar-refractivity contribution in [1.29, 1.82) is 0 Å². The molecular formula is C15H13Cl2NO3. The van der Waals surface area contributed by atoms with Crippen LogP contribution in [0.2, 0.25) is 10.0 Å². The molecule has 2 amide bonds. The van der Waals surface area contributed by atoms with Gasteiger partial charge >= 0.3 is 0 Å². The van der Waals surface area contributed by atoms with Crippen molar-refractivity contribution in [2.24, 2.45) is 0 Å². The lowest BCUT2D eigenvalue weighted by molar-refractivity contribution is -0.120. The van der Waals surface area contributed by atoms with E-state index in [4.69, 9.17) is 23.2 Å². The summed E-state index contributed by atoms with van der Waals surface area (Å²) in [6.45, 7) is -0.285. The molecule has 0 saturated carbocycles. The normalized spacial score (nSPS) is 18.5. The second-order valence-electron chi connectivity index (χ2n) is 5.16. The Bertz CT molecular complexity index is 654. The minimum absolute atomic E-state index is 0.221. The second kappa shape index (κ2) is 5.44. The van der Waals surface area contributed by atoms with E-state index in [2.05, 4.69) is 0 Å². The number of hydrogen-bond donors (Lipinski definition) is 1. The summed E-state index contributed by atoms with van der Waals surface area (Å²) in [5, 5.41) is 9.82. The quantitative estimate of drug-likeness (QED) is 0.849. The maximum absolute atomic E-state index is 12.5. The highest BCUT2D eigenvalue weighted by Gasteiger charge is 2.40. The van der Waals surface area contributed by atoms with Crippen molar-refractivity contribution in [3.8, 4) is 0 Å². The van der Waals surface area contributed by atoms with E-state index in [0.717, 1.165) is 17.7 Å². The van der Waals surface area contributed by atoms with Crippen molar-refractivity contribution in [3.63, 3.8) is 0 Å². The zero-order valence-corrected chi connectivity index (χ0v) is 12.7. The van der Waals surface area contributed by atoms with Crippen LogP contribution in [0.4, 0.5) is 5.69 Å². The number of rotatable bonds is 2. The second-order valence-corrected chi connectivity index (χ2v) is 5.98. The third kappa shape index (κ3) is 2.27. The zero-order chi connectivity index (χ0) is 15.1. The van der Waals surface area contributed by atoms with Crippen LogP contribution in [0.1, 0.15) is 31.2 Å². The molecule has 0 atom stereocenters. The number of halogens is 2. The van der Waals surface area contributed by atoms with Crippen molar-refractivity contribution in [2.75, 3.05) is 4.90 Å². The van der Waals surface area contributed by atoms with Crippen LogP contribution in [0.3, 0.4) is 0 Å². The van der Waals surface area contributed by atoms with E-state index in [1.807, 2.05) is 0 Å². The topological polar surface area (TPSA) is 57.6 Å². The number of anilines is 1. The molecule has 1 aliphatic heterocycles. The van der Waals surface area contributed by atoms with Crippen LogP contribution in [0, 0.1) is 0 Å². The SMILES string of the molecule is O=C1C2=C(CCCC2)C(=O)N1c1cc(CO)c(Cl)cc1Cl. The van der Waals surface area contributed by atoms with Crippen LogP contribution >= 0.6 is 23.2 Å². The molecule has 21 heavy (non-hydrogen) atoms. The van der Waals surface area contributed by atoms with Gasteiger partial charge < -0.3 is 5.11 Å². The lowest BCUT2D eigenvalue weighted by atomic mass is 9.93. The fourth-order valence-corrected chi connectivity index (χ4v) is 3.36. The highest BCUT2D eigenvalue weighted by molar-refractivity contribution is 6.40. The Balaban J connectivity index is 2.06. The predicted octanol–water partition coefficient (Wildman–Crippen LogP) is 3.23. The smallest absolute Gasteiger partial charge is 0.261 e. The summed E-state index contributed by atoms with van der Waals surface area (Å²) in [6.07, 6.45) is 3.10. The van der Waals surface area contributed by atoms with Gasteiger partial charge in [-0.25, -0.2) is 4.90 Å². The lowest BCUT2D eigenvalue weighted by Gasteiger charge is -2.18. The molecule has 0 radical (unpaired) electrons. The van der Waals surface area contributed by atoms with E-state index < -0.39 is 0 Å². The Morgan fingerprint density at radius 3 is 2.10 bits per heavy atom. The van der Waals surface area contributed by atoms with Crippen LogP contribution in [0.5, 0.6) is 0 Å². The predicted molar refractivity (Wildman–Crippen MR) is 80.4 cm³/mol. The lowest BCUT2D eigenvalue weighted by Crippen LogP contribution is -2.31. The summed E-state index contributed by atoms with van der Waals surface area (Å²) in [6, 6.07) is 2.95. The molecule has 3 rings (SSSR count). The minimum Gasteiger partial charge on any atom is -0.392 e. The number of imide groups is 1. The average Bonchev–Trinajstić information content (AvgIpc) is 2.72. The molecule has 0 bridgehead atoms. The van der Waals surface area contributed by atoms with Gasteiger partial charge in [0.25, 0.3) is 11.8 Å². The van der Waals surface area contributed by atoms with Crippen molar-refractivity contribution in [3.05, 3.63) is 38.9 Å². The van der Waals surface area contributed by atoms with Gasteiger partial charge in [-0.3, -0.25) is 9.59 Å². The third-order valence-electron chi connectivity index (χ3n) is 3.92. The summed E-state index contributed by atoms with van der Waals surface area (Å²) in [5.74, 6) is -0.606. The number of aliphatic hydroxyl groups is 1. The van der Waals surface area contributed by atoms with Gasteiger partial charge in [0.15, 0.2) is 0 Å². The van der Waals surface area contributed by atoms with Crippen molar-refractivity contribution in [2.45, 2.75) is 32.3 Å². The summed E-state index contributed by atoms with van der Waals surface area (Å²) < 4.78 is 0. The summed E-state index contributed by atoms with van der Waals surface area (Å²) in [7, 11) is 0. The van der Waals surface area contributed by atoms with Crippen molar-refractivity contribution in [1.82, 2.24) is 0 Å². The molecule has 110 valence electrons. The first-order chi connectivity index (χ1) is 10.0. The van der Waals surface area contributed by atoms with E-state index in [-0.39, 0.29) is 29.1 Å². The molecule has 1 heterocycles. The van der Waals surface area contributed by atoms with Gasteiger partial charge in [0.2, 0.25) is 0 Å². The first-order valence-electron chi connectivity index (χ1n) is 6.74.